The van der Waals surface area contributed by atoms with Gasteiger partial charge >= 0.3 is 0 Å². The summed E-state index contributed by atoms with van der Waals surface area (Å²) in [5.41, 5.74) is -0.131. The topological polar surface area (TPSA) is 32.3 Å². The second-order valence-corrected chi connectivity index (χ2v) is 6.13. The van der Waals surface area contributed by atoms with Crippen molar-refractivity contribution in [2.45, 2.75) is 59.0 Å². The van der Waals surface area contributed by atoms with Crippen molar-refractivity contribution in [3.8, 4) is 0 Å². The second kappa shape index (κ2) is 5.17. The molecule has 1 aliphatic heterocycles. The van der Waals surface area contributed by atoms with Gasteiger partial charge < -0.3 is 5.32 Å². The summed E-state index contributed by atoms with van der Waals surface area (Å²) >= 11 is 0. The molecule has 0 aromatic carbocycles. The molecule has 1 fully saturated rings. The highest BCUT2D eigenvalue weighted by Crippen LogP contribution is 2.18. The summed E-state index contributed by atoms with van der Waals surface area (Å²) in [7, 11) is 0. The molecule has 0 radical (unpaired) electrons. The van der Waals surface area contributed by atoms with Gasteiger partial charge in [0.15, 0.2) is 0 Å². The molecule has 3 heteroatoms. The normalized spacial score (nSPS) is 21.8. The summed E-state index contributed by atoms with van der Waals surface area (Å²) < 4.78 is 0. The summed E-state index contributed by atoms with van der Waals surface area (Å²) in [6.45, 7) is 12.5. The Balaban J connectivity index is 2.45. The minimum atomic E-state index is -0.131. The number of piperidine rings is 1. The fourth-order valence-corrected chi connectivity index (χ4v) is 2.06. The van der Waals surface area contributed by atoms with E-state index in [1.807, 2.05) is 27.7 Å². The van der Waals surface area contributed by atoms with Gasteiger partial charge in [0.2, 0.25) is 5.91 Å². The van der Waals surface area contributed by atoms with Gasteiger partial charge in [-0.2, -0.15) is 0 Å². The van der Waals surface area contributed by atoms with Gasteiger partial charge in [-0.1, -0.05) is 6.92 Å². The van der Waals surface area contributed by atoms with Gasteiger partial charge in [-0.15, -0.1) is 0 Å². The van der Waals surface area contributed by atoms with E-state index in [-0.39, 0.29) is 17.5 Å². The lowest BCUT2D eigenvalue weighted by Crippen LogP contribution is -2.52. The van der Waals surface area contributed by atoms with Crippen LogP contribution in [0.2, 0.25) is 0 Å². The fourth-order valence-electron chi connectivity index (χ4n) is 2.06. The van der Waals surface area contributed by atoms with E-state index in [4.69, 9.17) is 0 Å². The van der Waals surface area contributed by atoms with Gasteiger partial charge in [0.25, 0.3) is 0 Å². The van der Waals surface area contributed by atoms with E-state index >= 15 is 0 Å². The molecule has 16 heavy (non-hydrogen) atoms. The van der Waals surface area contributed by atoms with Gasteiger partial charge in [0.1, 0.15) is 0 Å². The summed E-state index contributed by atoms with van der Waals surface area (Å²) in [4.78, 5) is 14.3. The average Bonchev–Trinajstić information content (AvgIpc) is 2.15. The van der Waals surface area contributed by atoms with Crippen LogP contribution < -0.4 is 5.32 Å². The first-order valence-electron chi connectivity index (χ1n) is 6.35. The van der Waals surface area contributed by atoms with Crippen LogP contribution in [0.5, 0.6) is 0 Å². The molecule has 1 aliphatic rings. The minimum absolute atomic E-state index is 0.00623. The largest absolute Gasteiger partial charge is 0.350 e. The van der Waals surface area contributed by atoms with Crippen LogP contribution in [0.4, 0.5) is 0 Å². The third kappa shape index (κ3) is 4.12. The molecule has 94 valence electrons. The Labute approximate surface area is 99.6 Å². The zero-order valence-electron chi connectivity index (χ0n) is 11.3. The molecule has 0 spiro atoms. The molecule has 0 aliphatic carbocycles. The molecular weight excluding hydrogens is 200 g/mol. The first-order chi connectivity index (χ1) is 7.29. The lowest BCUT2D eigenvalue weighted by atomic mass is 9.98. The van der Waals surface area contributed by atoms with Gasteiger partial charge in [0, 0.05) is 5.54 Å². The second-order valence-electron chi connectivity index (χ2n) is 6.13. The maximum atomic E-state index is 12.0. The summed E-state index contributed by atoms with van der Waals surface area (Å²) in [6.07, 6.45) is 2.43. The summed E-state index contributed by atoms with van der Waals surface area (Å²) in [5.74, 6) is 0.969. The van der Waals surface area contributed by atoms with E-state index in [0.29, 0.717) is 0 Å². The maximum Gasteiger partial charge on any atom is 0.237 e. The predicted octanol–water partition coefficient (Wildman–Crippen LogP) is 2.02. The Morgan fingerprint density at radius 3 is 2.25 bits per heavy atom. The molecule has 1 saturated heterocycles. The molecule has 1 heterocycles. The van der Waals surface area contributed by atoms with Crippen molar-refractivity contribution in [3.05, 3.63) is 0 Å². The van der Waals surface area contributed by atoms with Crippen LogP contribution >= 0.6 is 0 Å². The van der Waals surface area contributed by atoms with E-state index < -0.39 is 0 Å². The zero-order chi connectivity index (χ0) is 12.3. The van der Waals surface area contributed by atoms with E-state index in [1.165, 1.54) is 12.8 Å². The third-order valence-corrected chi connectivity index (χ3v) is 3.24. The summed E-state index contributed by atoms with van der Waals surface area (Å²) in [6, 6.07) is 0.00623. The Morgan fingerprint density at radius 1 is 1.31 bits per heavy atom. The summed E-state index contributed by atoms with van der Waals surface area (Å²) in [5, 5.41) is 3.05. The molecule has 0 saturated carbocycles. The Hall–Kier alpha value is -0.570. The van der Waals surface area contributed by atoms with Crippen LogP contribution in [0.25, 0.3) is 0 Å². The fraction of sp³-hybridized carbons (Fsp3) is 0.923. The van der Waals surface area contributed by atoms with Crippen LogP contribution in [-0.4, -0.2) is 35.5 Å². The van der Waals surface area contributed by atoms with Crippen molar-refractivity contribution in [1.29, 1.82) is 0 Å². The van der Waals surface area contributed by atoms with Crippen molar-refractivity contribution < 1.29 is 4.79 Å². The number of nitrogens with one attached hydrogen (secondary N) is 1. The third-order valence-electron chi connectivity index (χ3n) is 3.24. The highest BCUT2D eigenvalue weighted by atomic mass is 16.2. The van der Waals surface area contributed by atoms with Crippen molar-refractivity contribution in [2.75, 3.05) is 13.1 Å². The van der Waals surface area contributed by atoms with Crippen LogP contribution in [-0.2, 0) is 4.79 Å². The van der Waals surface area contributed by atoms with Gasteiger partial charge in [-0.25, -0.2) is 0 Å². The number of hydrogen-bond donors (Lipinski definition) is 1. The molecule has 1 rings (SSSR count). The Bertz CT molecular complexity index is 237. The Kier molecular flexibility index (Phi) is 4.36. The quantitative estimate of drug-likeness (QED) is 0.781. The number of carbonyl (C=O) groups excluding carboxylic acids is 1. The zero-order valence-corrected chi connectivity index (χ0v) is 11.3. The molecule has 1 atom stereocenters. The maximum absolute atomic E-state index is 12.0. The van der Waals surface area contributed by atoms with Gasteiger partial charge in [-0.05, 0) is 59.5 Å². The minimum Gasteiger partial charge on any atom is -0.350 e. The van der Waals surface area contributed by atoms with Crippen LogP contribution in [0.1, 0.15) is 47.5 Å². The number of rotatable bonds is 2. The van der Waals surface area contributed by atoms with Crippen molar-refractivity contribution in [3.63, 3.8) is 0 Å². The SMILES string of the molecule is CC1CCN(C(C)C(=O)NC(C)(C)C)CC1. The molecule has 1 amide bonds. The Morgan fingerprint density at radius 2 is 1.81 bits per heavy atom. The van der Waals surface area contributed by atoms with Crippen molar-refractivity contribution in [1.82, 2.24) is 10.2 Å². The smallest absolute Gasteiger partial charge is 0.237 e. The highest BCUT2D eigenvalue weighted by molar-refractivity contribution is 5.81. The van der Waals surface area contributed by atoms with Crippen LogP contribution in [0.15, 0.2) is 0 Å². The molecule has 3 nitrogen and oxygen atoms in total. The lowest BCUT2D eigenvalue weighted by molar-refractivity contribution is -0.127. The van der Waals surface area contributed by atoms with Crippen molar-refractivity contribution >= 4 is 5.91 Å². The van der Waals surface area contributed by atoms with Gasteiger partial charge in [-0.3, -0.25) is 9.69 Å². The standard InChI is InChI=1S/C13H26N2O/c1-10-6-8-15(9-7-10)11(2)12(16)14-13(3,4)5/h10-11H,6-9H2,1-5H3,(H,14,16). The van der Waals surface area contributed by atoms with E-state index in [2.05, 4.69) is 17.1 Å². The molecular formula is C13H26N2O. The lowest BCUT2D eigenvalue weighted by Gasteiger charge is -2.35. The monoisotopic (exact) mass is 226 g/mol. The predicted molar refractivity (Wildman–Crippen MR) is 67.3 cm³/mol. The van der Waals surface area contributed by atoms with E-state index in [9.17, 15) is 4.79 Å². The van der Waals surface area contributed by atoms with Gasteiger partial charge in [0.05, 0.1) is 6.04 Å². The molecule has 0 aromatic rings. The number of amides is 1. The number of carbonyl (C=O) groups is 1. The first-order valence-corrected chi connectivity index (χ1v) is 6.35. The van der Waals surface area contributed by atoms with E-state index in [0.717, 1.165) is 19.0 Å². The average molecular weight is 226 g/mol. The van der Waals surface area contributed by atoms with Crippen LogP contribution in [0, 0.1) is 5.92 Å². The number of likely N-dealkylation sites (tertiary alicyclic amines) is 1. The van der Waals surface area contributed by atoms with Crippen molar-refractivity contribution in [2.24, 2.45) is 5.92 Å². The first kappa shape index (κ1) is 13.5. The van der Waals surface area contributed by atoms with E-state index in [1.54, 1.807) is 0 Å². The van der Waals surface area contributed by atoms with Crippen LogP contribution in [0.3, 0.4) is 0 Å². The molecule has 0 aromatic heterocycles. The number of hydrogen-bond acceptors (Lipinski definition) is 2. The molecule has 1 unspecified atom stereocenters. The number of nitrogens with zero attached hydrogens (tertiary/aromatic N) is 1. The molecule has 1 N–H and O–H groups in total. The molecule has 0 bridgehead atoms. The highest BCUT2D eigenvalue weighted by Gasteiger charge is 2.26.